The maximum atomic E-state index is 13.4. The maximum absolute atomic E-state index is 13.4. The molecule has 1 N–H and O–H groups in total. The van der Waals surface area contributed by atoms with Gasteiger partial charge in [-0.25, -0.2) is 4.39 Å². The van der Waals surface area contributed by atoms with Gasteiger partial charge >= 0.3 is 0 Å². The molecule has 2 aromatic rings. The average molecular weight is 306 g/mol. The van der Waals surface area contributed by atoms with Crippen LogP contribution < -0.4 is 4.90 Å². The summed E-state index contributed by atoms with van der Waals surface area (Å²) in [7, 11) is 3.67. The van der Waals surface area contributed by atoms with Crippen molar-refractivity contribution in [3.8, 4) is 0 Å². The molecule has 1 saturated heterocycles. The number of benzene rings is 1. The van der Waals surface area contributed by atoms with E-state index in [4.69, 9.17) is 4.52 Å². The highest BCUT2D eigenvalue weighted by atomic mass is 19.1. The molecule has 0 spiro atoms. The molecular weight excluding hydrogens is 287 g/mol. The third-order valence-electron chi connectivity index (χ3n) is 3.81. The average Bonchev–Trinajstić information content (AvgIpc) is 3.06. The van der Waals surface area contributed by atoms with Crippen molar-refractivity contribution in [2.45, 2.75) is 25.1 Å². The van der Waals surface area contributed by atoms with Gasteiger partial charge in [-0.15, -0.1) is 0 Å². The number of hydrogen-bond donors (Lipinski definition) is 1. The second kappa shape index (κ2) is 6.02. The first-order valence-electron chi connectivity index (χ1n) is 7.20. The van der Waals surface area contributed by atoms with E-state index in [2.05, 4.69) is 10.1 Å². The van der Waals surface area contributed by atoms with E-state index in [9.17, 15) is 9.50 Å². The highest BCUT2D eigenvalue weighted by molar-refractivity contribution is 5.24. The Morgan fingerprint density at radius 2 is 2.27 bits per heavy atom. The summed E-state index contributed by atoms with van der Waals surface area (Å²) in [6, 6.07) is 6.43. The summed E-state index contributed by atoms with van der Waals surface area (Å²) in [5, 5.41) is 13.8. The molecule has 1 aliphatic heterocycles. The molecule has 0 saturated carbocycles. The van der Waals surface area contributed by atoms with E-state index in [1.165, 1.54) is 12.1 Å². The highest BCUT2D eigenvalue weighted by Crippen LogP contribution is 2.33. The number of aliphatic hydroxyl groups is 1. The summed E-state index contributed by atoms with van der Waals surface area (Å²) in [5.74, 6) is 0.725. The summed E-state index contributed by atoms with van der Waals surface area (Å²) in [5.41, 5.74) is 0.851. The van der Waals surface area contributed by atoms with E-state index in [-0.39, 0.29) is 11.9 Å². The highest BCUT2D eigenvalue weighted by Gasteiger charge is 2.33. The van der Waals surface area contributed by atoms with Crippen molar-refractivity contribution in [3.63, 3.8) is 0 Å². The van der Waals surface area contributed by atoms with Gasteiger partial charge in [0.05, 0.1) is 12.6 Å². The first kappa shape index (κ1) is 14.9. The molecule has 2 atom stereocenters. The van der Waals surface area contributed by atoms with Crippen LogP contribution in [-0.2, 0) is 6.54 Å². The van der Waals surface area contributed by atoms with Gasteiger partial charge < -0.3 is 14.5 Å². The zero-order valence-electron chi connectivity index (χ0n) is 12.6. The molecule has 0 bridgehead atoms. The summed E-state index contributed by atoms with van der Waals surface area (Å²) in [4.78, 5) is 8.09. The molecule has 1 fully saturated rings. The van der Waals surface area contributed by atoms with Gasteiger partial charge in [0.1, 0.15) is 5.82 Å². The van der Waals surface area contributed by atoms with E-state index in [0.29, 0.717) is 31.3 Å². The van der Waals surface area contributed by atoms with Gasteiger partial charge in [0.15, 0.2) is 0 Å². The molecule has 1 aliphatic rings. The molecule has 0 amide bonds. The summed E-state index contributed by atoms with van der Waals surface area (Å²) >= 11 is 0. The minimum Gasteiger partial charge on any atom is -0.392 e. The Kier molecular flexibility index (Phi) is 4.08. The monoisotopic (exact) mass is 306 g/mol. The lowest BCUT2D eigenvalue weighted by molar-refractivity contribution is 0.164. The van der Waals surface area contributed by atoms with E-state index < -0.39 is 6.10 Å². The molecule has 2 heterocycles. The Labute approximate surface area is 128 Å². The fourth-order valence-electron chi connectivity index (χ4n) is 2.78. The lowest BCUT2D eigenvalue weighted by Gasteiger charge is -2.22. The van der Waals surface area contributed by atoms with Gasteiger partial charge in [0.25, 0.3) is 5.95 Å². The zero-order chi connectivity index (χ0) is 15.7. The molecule has 0 unspecified atom stereocenters. The van der Waals surface area contributed by atoms with Crippen molar-refractivity contribution < 1.29 is 14.0 Å². The smallest absolute Gasteiger partial charge is 0.265 e. The molecule has 3 rings (SSSR count). The van der Waals surface area contributed by atoms with Crippen LogP contribution in [0, 0.1) is 5.82 Å². The van der Waals surface area contributed by atoms with Crippen LogP contribution in [0.5, 0.6) is 0 Å². The molecule has 1 aromatic carbocycles. The normalized spacial score (nSPS) is 22.2. The number of halogens is 1. The molecule has 118 valence electrons. The molecule has 1 aromatic heterocycles. The van der Waals surface area contributed by atoms with Crippen LogP contribution in [0.25, 0.3) is 0 Å². The number of anilines is 1. The zero-order valence-corrected chi connectivity index (χ0v) is 12.6. The van der Waals surface area contributed by atoms with Crippen molar-refractivity contribution in [1.29, 1.82) is 0 Å². The molecular formula is C15H19FN4O2. The second-order valence-corrected chi connectivity index (χ2v) is 5.77. The predicted molar refractivity (Wildman–Crippen MR) is 78.8 cm³/mol. The van der Waals surface area contributed by atoms with Gasteiger partial charge in [-0.1, -0.05) is 12.1 Å². The first-order chi connectivity index (χ1) is 10.5. The van der Waals surface area contributed by atoms with Crippen molar-refractivity contribution >= 4 is 5.95 Å². The van der Waals surface area contributed by atoms with Crippen molar-refractivity contribution in [1.82, 2.24) is 15.0 Å². The Hall–Kier alpha value is -1.99. The van der Waals surface area contributed by atoms with E-state index in [0.717, 1.165) is 5.56 Å². The number of aliphatic hydroxyl groups excluding tert-OH is 1. The van der Waals surface area contributed by atoms with Crippen molar-refractivity contribution in [3.05, 3.63) is 41.5 Å². The Balaban J connectivity index is 1.78. The summed E-state index contributed by atoms with van der Waals surface area (Å²) in [6.07, 6.45) is 0.127. The van der Waals surface area contributed by atoms with Gasteiger partial charge in [-0.2, -0.15) is 4.98 Å². The van der Waals surface area contributed by atoms with E-state index in [1.54, 1.807) is 11.0 Å². The van der Waals surface area contributed by atoms with Gasteiger partial charge in [0, 0.05) is 26.7 Å². The number of likely N-dealkylation sites (tertiary alicyclic amines) is 1. The van der Waals surface area contributed by atoms with Crippen LogP contribution in [0.3, 0.4) is 0 Å². The lowest BCUT2D eigenvalue weighted by atomic mass is 10.0. The van der Waals surface area contributed by atoms with E-state index >= 15 is 0 Å². The van der Waals surface area contributed by atoms with Crippen LogP contribution >= 0.6 is 0 Å². The van der Waals surface area contributed by atoms with Gasteiger partial charge in [-0.05, 0) is 29.3 Å². The quantitative estimate of drug-likeness (QED) is 0.925. The fourth-order valence-corrected chi connectivity index (χ4v) is 2.78. The first-order valence-corrected chi connectivity index (χ1v) is 7.20. The van der Waals surface area contributed by atoms with Crippen molar-refractivity contribution in [2.24, 2.45) is 0 Å². The SMILES string of the molecule is CN(C)c1noc(CN2C[C@H](O)C[C@H]2c2cccc(F)c2)n1. The number of hydrogen-bond acceptors (Lipinski definition) is 6. The minimum absolute atomic E-state index is 0.0552. The summed E-state index contributed by atoms with van der Waals surface area (Å²) in [6.45, 7) is 0.930. The van der Waals surface area contributed by atoms with Crippen LogP contribution in [0.4, 0.5) is 10.3 Å². The Morgan fingerprint density at radius 3 is 2.95 bits per heavy atom. The number of rotatable bonds is 4. The minimum atomic E-state index is -0.440. The number of aromatic nitrogens is 2. The van der Waals surface area contributed by atoms with Gasteiger partial charge in [0.2, 0.25) is 5.89 Å². The maximum Gasteiger partial charge on any atom is 0.265 e. The molecule has 7 heteroatoms. The standard InChI is InChI=1S/C15H19FN4O2/c1-19(2)15-17-14(22-18-15)9-20-8-12(21)7-13(20)10-4-3-5-11(16)6-10/h3-6,12-13,21H,7-9H2,1-2H3/t12-,13+/m1/s1. The Morgan fingerprint density at radius 1 is 1.45 bits per heavy atom. The summed E-state index contributed by atoms with van der Waals surface area (Å²) < 4.78 is 18.7. The second-order valence-electron chi connectivity index (χ2n) is 5.77. The van der Waals surface area contributed by atoms with Crippen LogP contribution in [0.15, 0.2) is 28.8 Å². The predicted octanol–water partition coefficient (Wildman–Crippen LogP) is 1.58. The Bertz CT molecular complexity index is 646. The van der Waals surface area contributed by atoms with E-state index in [1.807, 2.05) is 25.1 Å². The third kappa shape index (κ3) is 3.10. The van der Waals surface area contributed by atoms with Crippen LogP contribution in [0.1, 0.15) is 23.9 Å². The third-order valence-corrected chi connectivity index (χ3v) is 3.81. The molecule has 0 radical (unpaired) electrons. The molecule has 6 nitrogen and oxygen atoms in total. The molecule has 22 heavy (non-hydrogen) atoms. The molecule has 0 aliphatic carbocycles. The van der Waals surface area contributed by atoms with Crippen LogP contribution in [-0.4, -0.2) is 46.9 Å². The van der Waals surface area contributed by atoms with Gasteiger partial charge in [-0.3, -0.25) is 4.90 Å². The van der Waals surface area contributed by atoms with Crippen molar-refractivity contribution in [2.75, 3.05) is 25.5 Å². The number of nitrogens with zero attached hydrogens (tertiary/aromatic N) is 4. The number of β-amino-alcohol motifs (C(OH)–C–C–N with tert-alkyl or cyclic N) is 1. The van der Waals surface area contributed by atoms with Crippen LogP contribution in [0.2, 0.25) is 0 Å². The fraction of sp³-hybridized carbons (Fsp3) is 0.467. The lowest BCUT2D eigenvalue weighted by Crippen LogP contribution is -2.24. The largest absolute Gasteiger partial charge is 0.392 e. The topological polar surface area (TPSA) is 65.6 Å².